The van der Waals surface area contributed by atoms with Gasteiger partial charge in [0.25, 0.3) is 0 Å². The molecule has 4 rings (SSSR count). The molecule has 0 aliphatic carbocycles. The van der Waals surface area contributed by atoms with Crippen molar-refractivity contribution in [3.63, 3.8) is 0 Å². The number of anilines is 2. The van der Waals surface area contributed by atoms with Crippen LogP contribution in [0, 0.1) is 0 Å². The number of methoxy groups -OCH3 is 1. The Balaban J connectivity index is 1.47. The number of amides is 3. The van der Waals surface area contributed by atoms with Crippen molar-refractivity contribution >= 4 is 23.3 Å². The third kappa shape index (κ3) is 5.39. The zero-order valence-corrected chi connectivity index (χ0v) is 19.7. The van der Waals surface area contributed by atoms with E-state index in [1.807, 2.05) is 90.7 Å². The first-order valence-electron chi connectivity index (χ1n) is 11.7. The number of ether oxygens (including phenoxy) is 1. The largest absolute Gasteiger partial charge is 0.497 e. The Morgan fingerprint density at radius 2 is 1.79 bits per heavy atom. The highest BCUT2D eigenvalue weighted by Crippen LogP contribution is 2.27. The molecule has 3 aromatic carbocycles. The van der Waals surface area contributed by atoms with Crippen LogP contribution in [0.15, 0.2) is 78.9 Å². The van der Waals surface area contributed by atoms with Gasteiger partial charge >= 0.3 is 6.03 Å². The van der Waals surface area contributed by atoms with Crippen molar-refractivity contribution in [2.24, 2.45) is 0 Å². The van der Waals surface area contributed by atoms with E-state index in [-0.39, 0.29) is 17.9 Å². The number of rotatable bonds is 8. The molecule has 1 saturated heterocycles. The summed E-state index contributed by atoms with van der Waals surface area (Å²) in [7, 11) is 1.64. The molecule has 0 spiro atoms. The lowest BCUT2D eigenvalue weighted by Crippen LogP contribution is -2.49. The van der Waals surface area contributed by atoms with Crippen LogP contribution in [0.3, 0.4) is 0 Å². The Hall–Kier alpha value is -3.80. The monoisotopic (exact) mass is 457 g/mol. The van der Waals surface area contributed by atoms with E-state index in [0.717, 1.165) is 29.0 Å². The first kappa shape index (κ1) is 23.4. The highest BCUT2D eigenvalue weighted by Gasteiger charge is 2.27. The number of hydrogen-bond acceptors (Lipinski definition) is 3. The van der Waals surface area contributed by atoms with E-state index in [2.05, 4.69) is 5.32 Å². The third-order valence-corrected chi connectivity index (χ3v) is 6.17. The number of nitrogens with zero attached hydrogens (tertiary/aromatic N) is 2. The lowest BCUT2D eigenvalue weighted by Gasteiger charge is -2.36. The van der Waals surface area contributed by atoms with Gasteiger partial charge in [0, 0.05) is 31.0 Å². The lowest BCUT2D eigenvalue weighted by atomic mass is 9.95. The van der Waals surface area contributed by atoms with Gasteiger partial charge in [-0.3, -0.25) is 9.69 Å². The molecule has 0 saturated carbocycles. The summed E-state index contributed by atoms with van der Waals surface area (Å²) < 4.78 is 5.31. The molecule has 3 aromatic rings. The van der Waals surface area contributed by atoms with Crippen LogP contribution in [0.5, 0.6) is 5.75 Å². The fourth-order valence-electron chi connectivity index (χ4n) is 4.40. The van der Waals surface area contributed by atoms with Crippen molar-refractivity contribution in [1.82, 2.24) is 4.90 Å². The normalized spacial score (nSPS) is 14.6. The molecule has 3 amide bonds. The van der Waals surface area contributed by atoms with Crippen LogP contribution in [-0.2, 0) is 11.3 Å². The molecule has 1 N–H and O–H groups in total. The number of hydrogen-bond donors (Lipinski definition) is 1. The van der Waals surface area contributed by atoms with Crippen LogP contribution in [-0.4, -0.2) is 37.0 Å². The number of nitrogens with one attached hydrogen (secondary N) is 1. The van der Waals surface area contributed by atoms with Gasteiger partial charge in [-0.25, -0.2) is 4.79 Å². The van der Waals surface area contributed by atoms with E-state index in [1.165, 1.54) is 0 Å². The van der Waals surface area contributed by atoms with E-state index in [4.69, 9.17) is 4.74 Å². The smallest absolute Gasteiger partial charge is 0.324 e. The maximum absolute atomic E-state index is 13.3. The summed E-state index contributed by atoms with van der Waals surface area (Å²) in [6.07, 6.45) is 1.58. The summed E-state index contributed by atoms with van der Waals surface area (Å²) in [6, 6.07) is 25.1. The predicted molar refractivity (Wildman–Crippen MR) is 135 cm³/mol. The number of carbonyl (C=O) groups is 2. The standard InChI is InChI=1S/C28H31N3O3/c1-3-26(22-11-5-4-6-12-22)27(32)29-23-13-8-14-24(19-23)31-17-9-16-30(28(31)33)20-21-10-7-15-25(18-21)34-2/h4-8,10-15,18-19,26H,3,9,16-17,20H2,1-2H3,(H,29,32). The Morgan fingerprint density at radius 1 is 1.00 bits per heavy atom. The van der Waals surface area contributed by atoms with Gasteiger partial charge in [0.15, 0.2) is 0 Å². The van der Waals surface area contributed by atoms with Gasteiger partial charge in [-0.1, -0.05) is 55.5 Å². The van der Waals surface area contributed by atoms with Crippen LogP contribution in [0.4, 0.5) is 16.2 Å². The molecule has 1 unspecified atom stereocenters. The maximum Gasteiger partial charge on any atom is 0.324 e. The molecule has 1 aliphatic heterocycles. The van der Waals surface area contributed by atoms with Crippen molar-refractivity contribution in [2.75, 3.05) is 30.4 Å². The molecular weight excluding hydrogens is 426 g/mol. The van der Waals surface area contributed by atoms with Crippen molar-refractivity contribution in [2.45, 2.75) is 32.2 Å². The van der Waals surface area contributed by atoms with Crippen LogP contribution >= 0.6 is 0 Å². The number of benzene rings is 3. The fourth-order valence-corrected chi connectivity index (χ4v) is 4.40. The quantitative estimate of drug-likeness (QED) is 0.475. The average Bonchev–Trinajstić information content (AvgIpc) is 2.87. The molecule has 1 atom stereocenters. The van der Waals surface area contributed by atoms with Crippen molar-refractivity contribution in [1.29, 1.82) is 0 Å². The second-order valence-electron chi connectivity index (χ2n) is 8.47. The molecule has 0 radical (unpaired) electrons. The van der Waals surface area contributed by atoms with Gasteiger partial charge < -0.3 is 15.0 Å². The zero-order valence-electron chi connectivity index (χ0n) is 19.7. The van der Waals surface area contributed by atoms with Crippen LogP contribution in [0.1, 0.15) is 36.8 Å². The average molecular weight is 458 g/mol. The minimum Gasteiger partial charge on any atom is -0.497 e. The first-order valence-corrected chi connectivity index (χ1v) is 11.7. The van der Waals surface area contributed by atoms with Gasteiger partial charge in [-0.15, -0.1) is 0 Å². The van der Waals surface area contributed by atoms with Gasteiger partial charge in [-0.2, -0.15) is 0 Å². The van der Waals surface area contributed by atoms with Crippen LogP contribution < -0.4 is 15.0 Å². The van der Waals surface area contributed by atoms with Gasteiger partial charge in [-0.05, 0) is 54.3 Å². The molecule has 0 bridgehead atoms. The number of urea groups is 1. The summed E-state index contributed by atoms with van der Waals surface area (Å²) in [4.78, 5) is 29.9. The Kier molecular flexibility index (Phi) is 7.48. The highest BCUT2D eigenvalue weighted by molar-refractivity contribution is 5.97. The van der Waals surface area contributed by atoms with Gasteiger partial charge in [0.1, 0.15) is 5.75 Å². The molecular formula is C28H31N3O3. The Labute approximate surface area is 201 Å². The van der Waals surface area contributed by atoms with Crippen molar-refractivity contribution in [3.05, 3.63) is 90.0 Å². The first-order chi connectivity index (χ1) is 16.6. The van der Waals surface area contributed by atoms with Gasteiger partial charge in [0.05, 0.1) is 13.0 Å². The van der Waals surface area contributed by atoms with E-state index in [9.17, 15) is 9.59 Å². The van der Waals surface area contributed by atoms with E-state index >= 15 is 0 Å². The second-order valence-corrected chi connectivity index (χ2v) is 8.47. The molecule has 176 valence electrons. The molecule has 34 heavy (non-hydrogen) atoms. The molecule has 1 aliphatic rings. The minimum absolute atomic E-state index is 0.0340. The van der Waals surface area contributed by atoms with Crippen molar-refractivity contribution in [3.8, 4) is 5.75 Å². The summed E-state index contributed by atoms with van der Waals surface area (Å²) in [6.45, 7) is 3.89. The van der Waals surface area contributed by atoms with E-state index in [0.29, 0.717) is 31.7 Å². The zero-order chi connectivity index (χ0) is 23.9. The number of carbonyl (C=O) groups excluding carboxylic acids is 2. The van der Waals surface area contributed by atoms with Crippen LogP contribution in [0.25, 0.3) is 0 Å². The van der Waals surface area contributed by atoms with E-state index in [1.54, 1.807) is 12.0 Å². The topological polar surface area (TPSA) is 61.9 Å². The molecule has 6 heteroatoms. The SMILES string of the molecule is CCC(C(=O)Nc1cccc(N2CCCN(Cc3cccc(OC)c3)C2=O)c1)c1ccccc1. The summed E-state index contributed by atoms with van der Waals surface area (Å²) in [5, 5.41) is 3.05. The van der Waals surface area contributed by atoms with E-state index < -0.39 is 0 Å². The molecule has 0 aromatic heterocycles. The fraction of sp³-hybridized carbons (Fsp3) is 0.286. The minimum atomic E-state index is -0.222. The van der Waals surface area contributed by atoms with Gasteiger partial charge in [0.2, 0.25) is 5.91 Å². The maximum atomic E-state index is 13.3. The highest BCUT2D eigenvalue weighted by atomic mass is 16.5. The van der Waals surface area contributed by atoms with Crippen molar-refractivity contribution < 1.29 is 14.3 Å². The summed E-state index contributed by atoms with van der Waals surface area (Å²) in [5.74, 6) is 0.512. The Bertz CT molecular complexity index is 1130. The summed E-state index contributed by atoms with van der Waals surface area (Å²) >= 11 is 0. The Morgan fingerprint density at radius 3 is 2.56 bits per heavy atom. The third-order valence-electron chi connectivity index (χ3n) is 6.17. The molecule has 1 heterocycles. The lowest BCUT2D eigenvalue weighted by molar-refractivity contribution is -0.117. The second kappa shape index (κ2) is 10.9. The molecule has 1 fully saturated rings. The molecule has 6 nitrogen and oxygen atoms in total. The van der Waals surface area contributed by atoms with Crippen LogP contribution in [0.2, 0.25) is 0 Å². The predicted octanol–water partition coefficient (Wildman–Crippen LogP) is 5.66. The summed E-state index contributed by atoms with van der Waals surface area (Å²) in [5.41, 5.74) is 3.50.